The van der Waals surface area contributed by atoms with Crippen LogP contribution in [0, 0.1) is 5.92 Å². The maximum atomic E-state index is 11.4. The first kappa shape index (κ1) is 16.3. The van der Waals surface area contributed by atoms with Crippen LogP contribution in [0.2, 0.25) is 0 Å². The van der Waals surface area contributed by atoms with E-state index in [0.717, 1.165) is 32.2 Å². The van der Waals surface area contributed by atoms with Crippen molar-refractivity contribution in [3.63, 3.8) is 0 Å². The fourth-order valence-electron chi connectivity index (χ4n) is 4.67. The lowest BCUT2D eigenvalue weighted by Gasteiger charge is -2.42. The number of benzene rings is 2. The van der Waals surface area contributed by atoms with Gasteiger partial charge in [0.1, 0.15) is 0 Å². The zero-order valence-corrected chi connectivity index (χ0v) is 14.5. The predicted octanol–water partition coefficient (Wildman–Crippen LogP) is 4.45. The van der Waals surface area contributed by atoms with E-state index in [0.29, 0.717) is 18.5 Å². The number of piperidine rings is 1. The van der Waals surface area contributed by atoms with Gasteiger partial charge in [0.15, 0.2) is 0 Å². The molecule has 2 aromatic carbocycles. The Kier molecular flexibility index (Phi) is 4.58. The van der Waals surface area contributed by atoms with Crippen LogP contribution in [0.5, 0.6) is 0 Å². The molecule has 0 saturated carbocycles. The molecule has 130 valence electrons. The molecule has 4 rings (SSSR count). The molecular formula is C22H25NO2. The van der Waals surface area contributed by atoms with Gasteiger partial charge in [-0.3, -0.25) is 9.69 Å². The van der Waals surface area contributed by atoms with Crippen molar-refractivity contribution in [1.82, 2.24) is 4.90 Å². The molecule has 0 amide bonds. The van der Waals surface area contributed by atoms with Crippen molar-refractivity contribution in [2.75, 3.05) is 13.1 Å². The lowest BCUT2D eigenvalue weighted by atomic mass is 9.76. The molecule has 0 aromatic heterocycles. The summed E-state index contributed by atoms with van der Waals surface area (Å²) in [5, 5.41) is 9.41. The Morgan fingerprint density at radius 1 is 0.920 bits per heavy atom. The summed E-state index contributed by atoms with van der Waals surface area (Å²) in [6.45, 7) is 1.70. The van der Waals surface area contributed by atoms with Gasteiger partial charge in [0.05, 0.1) is 5.92 Å². The molecule has 1 aliphatic heterocycles. The normalized spacial score (nSPS) is 26.8. The summed E-state index contributed by atoms with van der Waals surface area (Å²) in [4.78, 5) is 13.9. The van der Waals surface area contributed by atoms with Crippen molar-refractivity contribution < 1.29 is 9.90 Å². The molecule has 1 N–H and O–H groups in total. The van der Waals surface area contributed by atoms with E-state index >= 15 is 0 Å². The van der Waals surface area contributed by atoms with Gasteiger partial charge >= 0.3 is 5.97 Å². The van der Waals surface area contributed by atoms with Crippen molar-refractivity contribution in [3.8, 4) is 0 Å². The molecule has 3 atom stereocenters. The summed E-state index contributed by atoms with van der Waals surface area (Å²) in [5.41, 5.74) is 4.20. The molecule has 1 saturated heterocycles. The van der Waals surface area contributed by atoms with Gasteiger partial charge in [-0.05, 0) is 48.9 Å². The summed E-state index contributed by atoms with van der Waals surface area (Å²) in [6.07, 6.45) is 4.02. The third kappa shape index (κ3) is 3.21. The predicted molar refractivity (Wildman–Crippen MR) is 98.6 cm³/mol. The third-order valence-corrected chi connectivity index (χ3v) is 5.90. The minimum Gasteiger partial charge on any atom is -0.481 e. The fourth-order valence-corrected chi connectivity index (χ4v) is 4.67. The molecule has 0 spiro atoms. The molecule has 25 heavy (non-hydrogen) atoms. The van der Waals surface area contributed by atoms with Crippen LogP contribution in [-0.2, 0) is 4.79 Å². The zero-order valence-electron chi connectivity index (χ0n) is 14.5. The topological polar surface area (TPSA) is 40.5 Å². The highest BCUT2D eigenvalue weighted by Crippen LogP contribution is 2.44. The highest BCUT2D eigenvalue weighted by Gasteiger charge is 2.35. The number of carbonyl (C=O) groups is 1. The molecule has 2 aliphatic rings. The Hall–Kier alpha value is -2.13. The Morgan fingerprint density at radius 3 is 2.40 bits per heavy atom. The molecule has 3 unspecified atom stereocenters. The third-order valence-electron chi connectivity index (χ3n) is 5.90. The van der Waals surface area contributed by atoms with E-state index in [2.05, 4.69) is 59.5 Å². The Bertz CT molecular complexity index is 743. The SMILES string of the molecule is O=C(O)C1CCCN(C2CCC(c3ccccc3)c3ccccc32)C1. The molecule has 3 heteroatoms. The van der Waals surface area contributed by atoms with E-state index in [1.54, 1.807) is 0 Å². The second-order valence-electron chi connectivity index (χ2n) is 7.36. The molecule has 0 radical (unpaired) electrons. The average molecular weight is 335 g/mol. The van der Waals surface area contributed by atoms with Crippen LogP contribution in [-0.4, -0.2) is 29.1 Å². The number of likely N-dealkylation sites (tertiary alicyclic amines) is 1. The van der Waals surface area contributed by atoms with Gasteiger partial charge in [0, 0.05) is 18.5 Å². The highest BCUT2D eigenvalue weighted by atomic mass is 16.4. The second-order valence-corrected chi connectivity index (χ2v) is 7.36. The van der Waals surface area contributed by atoms with E-state index in [1.165, 1.54) is 16.7 Å². The lowest BCUT2D eigenvalue weighted by Crippen LogP contribution is -2.42. The number of fused-ring (bicyclic) bond motifs is 1. The minimum atomic E-state index is -0.643. The van der Waals surface area contributed by atoms with Crippen LogP contribution in [0.4, 0.5) is 0 Å². The lowest BCUT2D eigenvalue weighted by molar-refractivity contribution is -0.144. The van der Waals surface area contributed by atoms with Crippen LogP contribution >= 0.6 is 0 Å². The van der Waals surface area contributed by atoms with Crippen molar-refractivity contribution in [2.45, 2.75) is 37.6 Å². The van der Waals surface area contributed by atoms with Crippen molar-refractivity contribution >= 4 is 5.97 Å². The summed E-state index contributed by atoms with van der Waals surface area (Å²) in [7, 11) is 0. The van der Waals surface area contributed by atoms with E-state index in [-0.39, 0.29) is 5.92 Å². The maximum absolute atomic E-state index is 11.4. The van der Waals surface area contributed by atoms with Gasteiger partial charge in [0.25, 0.3) is 0 Å². The van der Waals surface area contributed by atoms with Crippen LogP contribution in [0.1, 0.15) is 54.3 Å². The smallest absolute Gasteiger partial charge is 0.307 e. The molecule has 1 heterocycles. The summed E-state index contributed by atoms with van der Waals surface area (Å²) in [5.74, 6) is -0.405. The van der Waals surface area contributed by atoms with Crippen molar-refractivity contribution in [3.05, 3.63) is 71.3 Å². The monoisotopic (exact) mass is 335 g/mol. The van der Waals surface area contributed by atoms with E-state index in [9.17, 15) is 9.90 Å². The van der Waals surface area contributed by atoms with Gasteiger partial charge in [-0.15, -0.1) is 0 Å². The number of hydrogen-bond acceptors (Lipinski definition) is 2. The molecule has 2 aromatic rings. The molecule has 0 bridgehead atoms. The fraction of sp³-hybridized carbons (Fsp3) is 0.409. The minimum absolute atomic E-state index is 0.215. The largest absolute Gasteiger partial charge is 0.481 e. The van der Waals surface area contributed by atoms with Gasteiger partial charge in [-0.2, -0.15) is 0 Å². The van der Waals surface area contributed by atoms with Gasteiger partial charge in [0.2, 0.25) is 0 Å². The van der Waals surface area contributed by atoms with Crippen molar-refractivity contribution in [1.29, 1.82) is 0 Å². The Morgan fingerprint density at radius 2 is 1.64 bits per heavy atom. The zero-order chi connectivity index (χ0) is 17.2. The summed E-state index contributed by atoms with van der Waals surface area (Å²) in [6, 6.07) is 19.9. The van der Waals surface area contributed by atoms with Crippen LogP contribution in [0.25, 0.3) is 0 Å². The molecular weight excluding hydrogens is 310 g/mol. The Labute approximate surface area is 149 Å². The first-order valence-electron chi connectivity index (χ1n) is 9.34. The number of nitrogens with zero attached hydrogens (tertiary/aromatic N) is 1. The quantitative estimate of drug-likeness (QED) is 0.901. The van der Waals surface area contributed by atoms with E-state index < -0.39 is 5.97 Å². The van der Waals surface area contributed by atoms with E-state index in [1.807, 2.05) is 0 Å². The molecule has 3 nitrogen and oxygen atoms in total. The number of carboxylic acid groups (broad SMARTS) is 1. The first-order chi connectivity index (χ1) is 12.2. The van der Waals surface area contributed by atoms with Gasteiger partial charge < -0.3 is 5.11 Å². The average Bonchev–Trinajstić information content (AvgIpc) is 2.68. The highest BCUT2D eigenvalue weighted by molar-refractivity contribution is 5.70. The summed E-state index contributed by atoms with van der Waals surface area (Å²) >= 11 is 0. The number of aliphatic carboxylic acids is 1. The first-order valence-corrected chi connectivity index (χ1v) is 9.34. The summed E-state index contributed by atoms with van der Waals surface area (Å²) < 4.78 is 0. The Balaban J connectivity index is 1.64. The molecule has 1 aliphatic carbocycles. The second kappa shape index (κ2) is 7.01. The maximum Gasteiger partial charge on any atom is 0.307 e. The van der Waals surface area contributed by atoms with Crippen LogP contribution in [0.15, 0.2) is 54.6 Å². The van der Waals surface area contributed by atoms with Crippen LogP contribution in [0.3, 0.4) is 0 Å². The van der Waals surface area contributed by atoms with E-state index in [4.69, 9.17) is 0 Å². The number of hydrogen-bond donors (Lipinski definition) is 1. The standard InChI is InChI=1S/C22H25NO2/c24-22(25)17-9-6-14-23(15-17)21-13-12-18(16-7-2-1-3-8-16)19-10-4-5-11-20(19)21/h1-5,7-8,10-11,17-18,21H,6,9,12-15H2,(H,24,25). The van der Waals surface area contributed by atoms with Gasteiger partial charge in [-0.25, -0.2) is 0 Å². The number of carboxylic acids is 1. The molecule has 1 fully saturated rings. The number of rotatable bonds is 3. The van der Waals surface area contributed by atoms with Crippen LogP contribution < -0.4 is 0 Å². The van der Waals surface area contributed by atoms with Crippen molar-refractivity contribution in [2.24, 2.45) is 5.92 Å². The van der Waals surface area contributed by atoms with Gasteiger partial charge in [-0.1, -0.05) is 54.6 Å².